The Balaban J connectivity index is 2.07. The Hall–Kier alpha value is -2.04. The average molecular weight is 220 g/mol. The summed E-state index contributed by atoms with van der Waals surface area (Å²) in [4.78, 5) is 22.0. The zero-order valence-corrected chi connectivity index (χ0v) is 8.56. The molecule has 0 saturated carbocycles. The van der Waals surface area contributed by atoms with E-state index in [2.05, 4.69) is 10.6 Å². The van der Waals surface area contributed by atoms with Crippen molar-refractivity contribution < 1.29 is 14.7 Å². The van der Waals surface area contributed by atoms with Gasteiger partial charge in [0.15, 0.2) is 0 Å². The number of carboxylic acid groups (broad SMARTS) is 1. The van der Waals surface area contributed by atoms with Crippen LogP contribution in [0.25, 0.3) is 0 Å². The molecular weight excluding hydrogens is 208 g/mol. The van der Waals surface area contributed by atoms with Gasteiger partial charge in [-0.05, 0) is 11.6 Å². The summed E-state index contributed by atoms with van der Waals surface area (Å²) in [6.07, 6.45) is 0. The zero-order chi connectivity index (χ0) is 11.5. The number of rotatable bonds is 3. The second-order valence-corrected chi connectivity index (χ2v) is 3.63. The van der Waals surface area contributed by atoms with Gasteiger partial charge in [-0.25, -0.2) is 0 Å². The molecular formula is C11H12N2O3. The molecule has 1 unspecified atom stereocenters. The fourth-order valence-electron chi connectivity index (χ4n) is 1.80. The number of carbonyl (C=O) groups excluding carboxylic acids is 1. The number of amides is 1. The lowest BCUT2D eigenvalue weighted by Gasteiger charge is -2.09. The SMILES string of the molecule is O=C(O)CNC(=O)C1CNc2ccccc21. The first-order chi connectivity index (χ1) is 7.68. The van der Waals surface area contributed by atoms with Gasteiger partial charge in [-0.1, -0.05) is 18.2 Å². The van der Waals surface area contributed by atoms with Crippen molar-refractivity contribution in [3.05, 3.63) is 29.8 Å². The van der Waals surface area contributed by atoms with Crippen LogP contribution in [0.5, 0.6) is 0 Å². The Labute approximate surface area is 92.5 Å². The highest BCUT2D eigenvalue weighted by Gasteiger charge is 2.27. The highest BCUT2D eigenvalue weighted by atomic mass is 16.4. The number of hydrogen-bond donors (Lipinski definition) is 3. The van der Waals surface area contributed by atoms with E-state index in [0.717, 1.165) is 11.3 Å². The van der Waals surface area contributed by atoms with E-state index in [4.69, 9.17) is 5.11 Å². The van der Waals surface area contributed by atoms with Crippen molar-refractivity contribution in [2.24, 2.45) is 0 Å². The van der Waals surface area contributed by atoms with E-state index in [0.29, 0.717) is 6.54 Å². The maximum Gasteiger partial charge on any atom is 0.322 e. The molecule has 1 amide bonds. The van der Waals surface area contributed by atoms with Crippen molar-refractivity contribution in [2.45, 2.75) is 5.92 Å². The van der Waals surface area contributed by atoms with Gasteiger partial charge in [0.25, 0.3) is 0 Å². The molecule has 1 aromatic rings. The van der Waals surface area contributed by atoms with Crippen LogP contribution in [0.15, 0.2) is 24.3 Å². The van der Waals surface area contributed by atoms with Gasteiger partial charge in [-0.15, -0.1) is 0 Å². The summed E-state index contributed by atoms with van der Waals surface area (Å²) < 4.78 is 0. The fraction of sp³-hybridized carbons (Fsp3) is 0.273. The van der Waals surface area contributed by atoms with Gasteiger partial charge < -0.3 is 15.7 Å². The third kappa shape index (κ3) is 1.98. The van der Waals surface area contributed by atoms with Crippen molar-refractivity contribution in [3.8, 4) is 0 Å². The second-order valence-electron chi connectivity index (χ2n) is 3.63. The molecule has 1 aliphatic rings. The number of hydrogen-bond acceptors (Lipinski definition) is 3. The number of carboxylic acids is 1. The minimum atomic E-state index is -1.03. The van der Waals surface area contributed by atoms with E-state index >= 15 is 0 Å². The maximum atomic E-state index is 11.7. The molecule has 0 aromatic heterocycles. The van der Waals surface area contributed by atoms with Crippen LogP contribution in [0.4, 0.5) is 5.69 Å². The first kappa shape index (κ1) is 10.5. The van der Waals surface area contributed by atoms with Gasteiger partial charge in [-0.3, -0.25) is 9.59 Å². The Morgan fingerprint density at radius 1 is 1.44 bits per heavy atom. The Morgan fingerprint density at radius 2 is 2.19 bits per heavy atom. The van der Waals surface area contributed by atoms with Crippen LogP contribution in [-0.4, -0.2) is 30.1 Å². The first-order valence-corrected chi connectivity index (χ1v) is 5.01. The largest absolute Gasteiger partial charge is 0.480 e. The molecule has 1 aliphatic heterocycles. The van der Waals surface area contributed by atoms with Gasteiger partial charge in [0, 0.05) is 12.2 Å². The molecule has 0 saturated heterocycles. The second kappa shape index (κ2) is 4.22. The molecule has 1 heterocycles. The molecule has 84 valence electrons. The van der Waals surface area contributed by atoms with E-state index in [1.165, 1.54) is 0 Å². The summed E-state index contributed by atoms with van der Waals surface area (Å²) in [5.41, 5.74) is 1.86. The Morgan fingerprint density at radius 3 is 2.94 bits per heavy atom. The quantitative estimate of drug-likeness (QED) is 0.688. The molecule has 5 nitrogen and oxygen atoms in total. The smallest absolute Gasteiger partial charge is 0.322 e. The van der Waals surface area contributed by atoms with Crippen molar-refractivity contribution in [1.29, 1.82) is 0 Å². The standard InChI is InChI=1S/C11H12N2O3/c14-10(15)6-13-11(16)8-5-12-9-4-2-1-3-7(8)9/h1-4,8,12H,5-6H2,(H,13,16)(H,14,15). The molecule has 0 spiro atoms. The predicted octanol–water partition coefficient (Wildman–Crippen LogP) is 0.396. The number of para-hydroxylation sites is 1. The van der Waals surface area contributed by atoms with Crippen molar-refractivity contribution in [1.82, 2.24) is 5.32 Å². The van der Waals surface area contributed by atoms with Gasteiger partial charge in [0.05, 0.1) is 5.92 Å². The van der Waals surface area contributed by atoms with E-state index in [1.54, 1.807) is 0 Å². The van der Waals surface area contributed by atoms with Gasteiger partial charge in [0.1, 0.15) is 6.54 Å². The fourth-order valence-corrected chi connectivity index (χ4v) is 1.80. The number of carbonyl (C=O) groups is 2. The maximum absolute atomic E-state index is 11.7. The minimum Gasteiger partial charge on any atom is -0.480 e. The average Bonchev–Trinajstić information content (AvgIpc) is 2.69. The molecule has 2 rings (SSSR count). The van der Waals surface area contributed by atoms with E-state index in [-0.39, 0.29) is 18.4 Å². The van der Waals surface area contributed by atoms with Gasteiger partial charge >= 0.3 is 5.97 Å². The van der Waals surface area contributed by atoms with Gasteiger partial charge in [0.2, 0.25) is 5.91 Å². The van der Waals surface area contributed by atoms with E-state index in [1.807, 2.05) is 24.3 Å². The third-order valence-electron chi connectivity index (χ3n) is 2.56. The van der Waals surface area contributed by atoms with Gasteiger partial charge in [-0.2, -0.15) is 0 Å². The number of fused-ring (bicyclic) bond motifs is 1. The molecule has 0 bridgehead atoms. The summed E-state index contributed by atoms with van der Waals surface area (Å²) in [5, 5.41) is 14.0. The third-order valence-corrected chi connectivity index (χ3v) is 2.56. The highest BCUT2D eigenvalue weighted by molar-refractivity contribution is 5.90. The Bertz CT molecular complexity index is 431. The Kier molecular flexibility index (Phi) is 2.76. The molecule has 5 heteroatoms. The molecule has 3 N–H and O–H groups in total. The highest BCUT2D eigenvalue weighted by Crippen LogP contribution is 2.30. The topological polar surface area (TPSA) is 78.4 Å². The lowest BCUT2D eigenvalue weighted by atomic mass is 10.0. The predicted molar refractivity (Wildman–Crippen MR) is 58.3 cm³/mol. The minimum absolute atomic E-state index is 0.250. The molecule has 1 atom stereocenters. The summed E-state index contributed by atoms with van der Waals surface area (Å²) in [6, 6.07) is 7.53. The monoisotopic (exact) mass is 220 g/mol. The molecule has 16 heavy (non-hydrogen) atoms. The van der Waals surface area contributed by atoms with E-state index in [9.17, 15) is 9.59 Å². The van der Waals surface area contributed by atoms with Crippen LogP contribution in [0.1, 0.15) is 11.5 Å². The van der Waals surface area contributed by atoms with Crippen molar-refractivity contribution in [2.75, 3.05) is 18.4 Å². The summed E-state index contributed by atoms with van der Waals surface area (Å²) >= 11 is 0. The van der Waals surface area contributed by atoms with Crippen molar-refractivity contribution >= 4 is 17.6 Å². The van der Waals surface area contributed by atoms with Crippen molar-refractivity contribution in [3.63, 3.8) is 0 Å². The normalized spacial score (nSPS) is 17.4. The number of nitrogens with one attached hydrogen (secondary N) is 2. The van der Waals surface area contributed by atoms with Crippen LogP contribution < -0.4 is 10.6 Å². The summed E-state index contributed by atoms with van der Waals surface area (Å²) in [5.74, 6) is -1.58. The number of anilines is 1. The summed E-state index contributed by atoms with van der Waals surface area (Å²) in [6.45, 7) is 0.183. The van der Waals surface area contributed by atoms with Crippen LogP contribution in [0.2, 0.25) is 0 Å². The summed E-state index contributed by atoms with van der Waals surface area (Å²) in [7, 11) is 0. The van der Waals surface area contributed by atoms with Crippen LogP contribution in [-0.2, 0) is 9.59 Å². The lowest BCUT2D eigenvalue weighted by molar-refractivity contribution is -0.138. The van der Waals surface area contributed by atoms with Crippen LogP contribution >= 0.6 is 0 Å². The molecule has 0 radical (unpaired) electrons. The zero-order valence-electron chi connectivity index (χ0n) is 8.56. The number of benzene rings is 1. The molecule has 0 fully saturated rings. The first-order valence-electron chi connectivity index (χ1n) is 5.01. The van der Waals surface area contributed by atoms with E-state index < -0.39 is 5.97 Å². The lowest BCUT2D eigenvalue weighted by Crippen LogP contribution is -2.34. The molecule has 1 aromatic carbocycles. The molecule has 0 aliphatic carbocycles. The van der Waals surface area contributed by atoms with Crippen LogP contribution in [0.3, 0.4) is 0 Å². The van der Waals surface area contributed by atoms with Crippen LogP contribution in [0, 0.1) is 0 Å². The number of aliphatic carboxylic acids is 1.